The second kappa shape index (κ2) is 10.1. The topological polar surface area (TPSA) is 104 Å². The molecule has 1 N–H and O–H groups in total. The van der Waals surface area contributed by atoms with E-state index in [9.17, 15) is 21.6 Å². The molecule has 3 rings (SSSR count). The molecule has 0 unspecified atom stereocenters. The van der Waals surface area contributed by atoms with E-state index < -0.39 is 20.0 Å². The molecule has 0 saturated heterocycles. The molecule has 0 heterocycles. The zero-order valence-electron chi connectivity index (χ0n) is 20.3. The van der Waals surface area contributed by atoms with Gasteiger partial charge in [-0.1, -0.05) is 30.3 Å². The zero-order valence-corrected chi connectivity index (χ0v) is 21.9. The zero-order chi connectivity index (χ0) is 26.0. The fraction of sp³-hybridized carbons (Fsp3) is 0.240. The first-order chi connectivity index (χ1) is 16.3. The Morgan fingerprint density at radius 3 is 2.11 bits per heavy atom. The Labute approximate surface area is 207 Å². The Kier molecular flexibility index (Phi) is 7.56. The van der Waals surface area contributed by atoms with Crippen LogP contribution in [0.2, 0.25) is 0 Å². The van der Waals surface area contributed by atoms with Crippen molar-refractivity contribution < 1.29 is 21.6 Å². The van der Waals surface area contributed by atoms with Crippen molar-refractivity contribution in [2.45, 2.75) is 20.4 Å². The first kappa shape index (κ1) is 26.2. The average Bonchev–Trinajstić information content (AvgIpc) is 2.78. The lowest BCUT2D eigenvalue weighted by atomic mass is 10.1. The molecule has 3 aromatic rings. The number of nitrogens with zero attached hydrogens (tertiary/aromatic N) is 2. The van der Waals surface area contributed by atoms with Gasteiger partial charge in [0.1, 0.15) is 0 Å². The van der Waals surface area contributed by atoms with Gasteiger partial charge in [0, 0.05) is 18.3 Å². The van der Waals surface area contributed by atoms with E-state index in [1.807, 2.05) is 32.0 Å². The summed E-state index contributed by atoms with van der Waals surface area (Å²) in [7, 11) is -5.53. The quantitative estimate of drug-likeness (QED) is 0.490. The first-order valence-corrected chi connectivity index (χ1v) is 14.4. The summed E-state index contributed by atoms with van der Waals surface area (Å²) in [6.45, 7) is 3.90. The Balaban J connectivity index is 1.78. The van der Waals surface area contributed by atoms with Gasteiger partial charge in [0.2, 0.25) is 20.0 Å². The van der Waals surface area contributed by atoms with Crippen LogP contribution < -0.4 is 13.9 Å². The van der Waals surface area contributed by atoms with E-state index in [2.05, 4.69) is 5.32 Å². The van der Waals surface area contributed by atoms with Gasteiger partial charge in [0.25, 0.3) is 5.91 Å². The third kappa shape index (κ3) is 6.61. The van der Waals surface area contributed by atoms with E-state index in [0.29, 0.717) is 22.6 Å². The highest BCUT2D eigenvalue weighted by Gasteiger charge is 2.20. The molecule has 0 spiro atoms. The Bertz CT molecular complexity index is 1450. The number of anilines is 3. The van der Waals surface area contributed by atoms with E-state index in [1.165, 1.54) is 17.6 Å². The number of rotatable bonds is 8. The van der Waals surface area contributed by atoms with Crippen LogP contribution in [0.3, 0.4) is 0 Å². The summed E-state index contributed by atoms with van der Waals surface area (Å²) < 4.78 is 51.1. The number of amides is 1. The minimum Gasteiger partial charge on any atom is -0.322 e. The number of sulfonamides is 2. The van der Waals surface area contributed by atoms with Crippen molar-refractivity contribution in [3.05, 3.63) is 89.0 Å². The summed E-state index contributed by atoms with van der Waals surface area (Å²) in [5, 5.41) is 2.76. The second-order valence-corrected chi connectivity index (χ2v) is 12.4. The molecular weight excluding hydrogens is 486 g/mol. The largest absolute Gasteiger partial charge is 0.322 e. The molecule has 1 amide bonds. The van der Waals surface area contributed by atoms with Crippen molar-refractivity contribution in [3.63, 3.8) is 0 Å². The highest BCUT2D eigenvalue weighted by molar-refractivity contribution is 7.92. The lowest BCUT2D eigenvalue weighted by Gasteiger charge is -2.25. The molecule has 10 heteroatoms. The van der Waals surface area contributed by atoms with E-state index in [1.54, 1.807) is 48.5 Å². The van der Waals surface area contributed by atoms with Crippen molar-refractivity contribution in [1.82, 2.24) is 0 Å². The highest BCUT2D eigenvalue weighted by Crippen LogP contribution is 2.26. The highest BCUT2D eigenvalue weighted by atomic mass is 32.2. The molecule has 0 fully saturated rings. The van der Waals surface area contributed by atoms with Gasteiger partial charge in [-0.3, -0.25) is 13.4 Å². The number of nitrogens with one attached hydrogen (secondary N) is 1. The van der Waals surface area contributed by atoms with Gasteiger partial charge in [-0.15, -0.1) is 0 Å². The number of aryl methyl sites for hydroxylation is 2. The third-order valence-electron chi connectivity index (χ3n) is 5.54. The number of carbonyl (C=O) groups is 1. The van der Waals surface area contributed by atoms with Crippen molar-refractivity contribution in [3.8, 4) is 0 Å². The number of hydrogen-bond acceptors (Lipinski definition) is 5. The fourth-order valence-corrected chi connectivity index (χ4v) is 4.90. The number of carbonyl (C=O) groups excluding carboxylic acids is 1. The normalized spacial score (nSPS) is 11.7. The molecule has 0 aliphatic rings. The molecule has 0 atom stereocenters. The molecule has 0 aliphatic carbocycles. The molecule has 35 heavy (non-hydrogen) atoms. The molecular formula is C25H29N3O5S2. The predicted octanol–water partition coefficient (Wildman–Crippen LogP) is 3.92. The van der Waals surface area contributed by atoms with Crippen LogP contribution >= 0.6 is 0 Å². The van der Waals surface area contributed by atoms with Crippen molar-refractivity contribution in [1.29, 1.82) is 0 Å². The number of benzene rings is 3. The van der Waals surface area contributed by atoms with Crippen molar-refractivity contribution in [2.24, 2.45) is 0 Å². The summed E-state index contributed by atoms with van der Waals surface area (Å²) in [5.41, 5.74) is 4.41. The lowest BCUT2D eigenvalue weighted by Crippen LogP contribution is -2.30. The van der Waals surface area contributed by atoms with Gasteiger partial charge in [-0.25, -0.2) is 16.8 Å². The first-order valence-electron chi connectivity index (χ1n) is 10.7. The van der Waals surface area contributed by atoms with Crippen LogP contribution in [0.15, 0.2) is 66.7 Å². The Morgan fingerprint density at radius 1 is 0.857 bits per heavy atom. The van der Waals surface area contributed by atoms with Crippen molar-refractivity contribution in [2.75, 3.05) is 33.5 Å². The van der Waals surface area contributed by atoms with E-state index in [4.69, 9.17) is 0 Å². The van der Waals surface area contributed by atoms with Gasteiger partial charge < -0.3 is 5.32 Å². The predicted molar refractivity (Wildman–Crippen MR) is 141 cm³/mol. The Morgan fingerprint density at radius 2 is 1.51 bits per heavy atom. The number of hydrogen-bond donors (Lipinski definition) is 1. The molecule has 0 saturated carbocycles. The molecule has 0 radical (unpaired) electrons. The third-order valence-corrected chi connectivity index (χ3v) is 7.87. The molecule has 186 valence electrons. The summed E-state index contributed by atoms with van der Waals surface area (Å²) in [5.74, 6) is -0.370. The average molecular weight is 516 g/mol. The van der Waals surface area contributed by atoms with E-state index in [0.717, 1.165) is 27.3 Å². The second-order valence-electron chi connectivity index (χ2n) is 8.49. The van der Waals surface area contributed by atoms with Crippen LogP contribution in [0.4, 0.5) is 17.1 Å². The SMILES string of the molecule is Cc1ccc(C)c(N(Cc2ccc(C(=O)Nc3cccc(N(C)S(C)(=O)=O)c3)cc2)S(C)(=O)=O)c1. The van der Waals surface area contributed by atoms with Gasteiger partial charge in [0.15, 0.2) is 0 Å². The van der Waals surface area contributed by atoms with Crippen LogP contribution in [0.25, 0.3) is 0 Å². The van der Waals surface area contributed by atoms with Crippen LogP contribution in [0, 0.1) is 13.8 Å². The molecule has 8 nitrogen and oxygen atoms in total. The standard InChI is InChI=1S/C25H29N3O5S2/c1-18-9-10-19(2)24(15-18)28(35(5,32)33)17-20-11-13-21(14-12-20)25(29)26-22-7-6-8-23(16-22)27(3)34(4,30)31/h6-16H,17H2,1-5H3,(H,26,29). The minimum absolute atomic E-state index is 0.130. The minimum atomic E-state index is -3.54. The summed E-state index contributed by atoms with van der Waals surface area (Å²) >= 11 is 0. The van der Waals surface area contributed by atoms with Gasteiger partial charge in [-0.2, -0.15) is 0 Å². The van der Waals surface area contributed by atoms with Crippen LogP contribution in [-0.2, 0) is 26.6 Å². The lowest BCUT2D eigenvalue weighted by molar-refractivity contribution is 0.102. The summed E-state index contributed by atoms with van der Waals surface area (Å²) in [6, 6.07) is 18.9. The molecule has 0 aliphatic heterocycles. The molecule has 0 bridgehead atoms. The fourth-order valence-electron chi connectivity index (χ4n) is 3.47. The van der Waals surface area contributed by atoms with Gasteiger partial charge >= 0.3 is 0 Å². The summed E-state index contributed by atoms with van der Waals surface area (Å²) in [4.78, 5) is 12.7. The van der Waals surface area contributed by atoms with Crippen LogP contribution in [-0.4, -0.2) is 42.3 Å². The van der Waals surface area contributed by atoms with Gasteiger partial charge in [-0.05, 0) is 66.9 Å². The maximum Gasteiger partial charge on any atom is 0.255 e. The molecule has 0 aromatic heterocycles. The monoisotopic (exact) mass is 515 g/mol. The van der Waals surface area contributed by atoms with E-state index in [-0.39, 0.29) is 12.5 Å². The Hall–Kier alpha value is -3.37. The van der Waals surface area contributed by atoms with Crippen LogP contribution in [0.5, 0.6) is 0 Å². The maximum atomic E-state index is 12.7. The summed E-state index contributed by atoms with van der Waals surface area (Å²) in [6.07, 6.45) is 2.27. The smallest absolute Gasteiger partial charge is 0.255 e. The van der Waals surface area contributed by atoms with Crippen molar-refractivity contribution >= 4 is 43.0 Å². The van der Waals surface area contributed by atoms with E-state index >= 15 is 0 Å². The van der Waals surface area contributed by atoms with Gasteiger partial charge in [0.05, 0.1) is 30.4 Å². The van der Waals surface area contributed by atoms with Crippen LogP contribution in [0.1, 0.15) is 27.0 Å². The molecule has 3 aromatic carbocycles. The maximum absolute atomic E-state index is 12.7.